The molecule has 84 heavy (non-hydrogen) atoms. The fraction of sp³-hybridized carbons (Fsp3) is 0.114. The summed E-state index contributed by atoms with van der Waals surface area (Å²) >= 11 is 0. The summed E-state index contributed by atoms with van der Waals surface area (Å²) < 4.78 is 45.7. The predicted octanol–water partition coefficient (Wildman–Crippen LogP) is 14.6. The number of benzene rings is 10. The molecule has 418 valence electrons. The maximum Gasteiger partial charge on any atom is 0.343 e. The SMILES string of the molecule is C=CC(=O)OCCCCOc1ccc2cc(C(=O)Oc3ccc(C(=O)Oc4ccc5ccccc5c4-c4c(OC(=O)c5ccc(OC(=O)c6ccc7cc(OCCCCOC(=O)C=C)ccc7c6)cc5)ccc5ccccc45)cc3)ccc2c1. The van der Waals surface area contributed by atoms with Crippen molar-refractivity contribution in [2.24, 2.45) is 0 Å². The number of carbonyl (C=O) groups excluding carboxylic acids is 6. The smallest absolute Gasteiger partial charge is 0.343 e. The van der Waals surface area contributed by atoms with Crippen LogP contribution in [0.1, 0.15) is 67.1 Å². The van der Waals surface area contributed by atoms with Crippen LogP contribution >= 0.6 is 0 Å². The van der Waals surface area contributed by atoms with Crippen LogP contribution in [-0.4, -0.2) is 62.2 Å². The molecule has 10 rings (SSSR count). The Hall–Kier alpha value is -10.9. The summed E-state index contributed by atoms with van der Waals surface area (Å²) in [4.78, 5) is 77.4. The Bertz CT molecular complexity index is 3880. The minimum Gasteiger partial charge on any atom is -0.494 e. The second-order valence-electron chi connectivity index (χ2n) is 19.2. The van der Waals surface area contributed by atoms with Gasteiger partial charge in [-0.05, 0) is 178 Å². The van der Waals surface area contributed by atoms with Crippen LogP contribution in [0.2, 0.25) is 0 Å². The van der Waals surface area contributed by atoms with Crippen molar-refractivity contribution in [3.63, 3.8) is 0 Å². The van der Waals surface area contributed by atoms with Crippen LogP contribution in [0, 0.1) is 0 Å². The topological polar surface area (TPSA) is 176 Å². The Morgan fingerprint density at radius 2 is 0.655 bits per heavy atom. The molecular formula is C70H54O14. The lowest BCUT2D eigenvalue weighted by atomic mass is 9.92. The molecule has 0 aliphatic carbocycles. The largest absolute Gasteiger partial charge is 0.494 e. The van der Waals surface area contributed by atoms with E-state index in [2.05, 4.69) is 13.2 Å². The van der Waals surface area contributed by atoms with E-state index in [9.17, 15) is 28.8 Å². The van der Waals surface area contributed by atoms with E-state index in [0.717, 1.165) is 55.2 Å². The summed E-state index contributed by atoms with van der Waals surface area (Å²) in [5, 5.41) is 6.47. The minimum absolute atomic E-state index is 0.182. The lowest BCUT2D eigenvalue weighted by molar-refractivity contribution is -0.138. The van der Waals surface area contributed by atoms with Gasteiger partial charge in [0.1, 0.15) is 34.5 Å². The van der Waals surface area contributed by atoms with Gasteiger partial charge in [0.2, 0.25) is 0 Å². The first-order valence-corrected chi connectivity index (χ1v) is 27.0. The summed E-state index contributed by atoms with van der Waals surface area (Å²) in [6.45, 7) is 8.23. The highest BCUT2D eigenvalue weighted by molar-refractivity contribution is 6.11. The van der Waals surface area contributed by atoms with Crippen molar-refractivity contribution in [3.8, 4) is 45.6 Å². The highest BCUT2D eigenvalue weighted by atomic mass is 16.6. The van der Waals surface area contributed by atoms with E-state index in [1.807, 2.05) is 109 Å². The Labute approximate surface area is 483 Å². The van der Waals surface area contributed by atoms with Gasteiger partial charge in [-0.25, -0.2) is 28.8 Å². The summed E-state index contributed by atoms with van der Waals surface area (Å²) in [6, 6.07) is 55.9. The van der Waals surface area contributed by atoms with Gasteiger partial charge in [-0.1, -0.05) is 98.1 Å². The van der Waals surface area contributed by atoms with Gasteiger partial charge in [0.05, 0.1) is 48.7 Å². The van der Waals surface area contributed by atoms with Crippen molar-refractivity contribution < 1.29 is 66.7 Å². The molecule has 0 N–H and O–H groups in total. The van der Waals surface area contributed by atoms with E-state index in [1.54, 1.807) is 36.4 Å². The Kier molecular flexibility index (Phi) is 17.9. The summed E-state index contributed by atoms with van der Waals surface area (Å²) in [6.07, 6.45) is 4.95. The zero-order chi connectivity index (χ0) is 58.4. The quantitative estimate of drug-likeness (QED) is 0.0256. The van der Waals surface area contributed by atoms with Gasteiger partial charge in [0, 0.05) is 23.3 Å². The third-order valence-electron chi connectivity index (χ3n) is 13.6. The van der Waals surface area contributed by atoms with Crippen molar-refractivity contribution in [1.82, 2.24) is 0 Å². The third kappa shape index (κ3) is 13.8. The molecule has 10 aromatic rings. The summed E-state index contributed by atoms with van der Waals surface area (Å²) in [5.41, 5.74) is 2.03. The molecule has 0 unspecified atom stereocenters. The van der Waals surface area contributed by atoms with E-state index < -0.39 is 35.8 Å². The molecule has 0 bridgehead atoms. The number of esters is 6. The average Bonchev–Trinajstić information content (AvgIpc) is 3.57. The van der Waals surface area contributed by atoms with Crippen molar-refractivity contribution in [2.45, 2.75) is 25.7 Å². The van der Waals surface area contributed by atoms with Crippen LogP contribution in [0.3, 0.4) is 0 Å². The molecular weight excluding hydrogens is 1060 g/mol. The van der Waals surface area contributed by atoms with Crippen molar-refractivity contribution in [1.29, 1.82) is 0 Å². The van der Waals surface area contributed by atoms with Crippen LogP contribution in [0.25, 0.3) is 54.2 Å². The molecule has 14 heteroatoms. The molecule has 0 aliphatic heterocycles. The maximum atomic E-state index is 14.1. The lowest BCUT2D eigenvalue weighted by Gasteiger charge is -2.19. The van der Waals surface area contributed by atoms with Crippen LogP contribution in [-0.2, 0) is 19.1 Å². The van der Waals surface area contributed by atoms with E-state index in [4.69, 9.17) is 37.9 Å². The van der Waals surface area contributed by atoms with Gasteiger partial charge in [-0.3, -0.25) is 0 Å². The van der Waals surface area contributed by atoms with Gasteiger partial charge >= 0.3 is 35.8 Å². The van der Waals surface area contributed by atoms with Crippen LogP contribution < -0.4 is 28.4 Å². The molecule has 0 heterocycles. The minimum atomic E-state index is -0.688. The van der Waals surface area contributed by atoms with Gasteiger partial charge in [0.25, 0.3) is 0 Å². The normalized spacial score (nSPS) is 10.9. The van der Waals surface area contributed by atoms with E-state index in [1.165, 1.54) is 48.5 Å². The van der Waals surface area contributed by atoms with Crippen LogP contribution in [0.4, 0.5) is 0 Å². The number of carbonyl (C=O) groups is 6. The first-order valence-electron chi connectivity index (χ1n) is 27.0. The van der Waals surface area contributed by atoms with Gasteiger partial charge in [0.15, 0.2) is 0 Å². The van der Waals surface area contributed by atoms with Crippen LogP contribution in [0.15, 0.2) is 219 Å². The second kappa shape index (κ2) is 26.6. The maximum absolute atomic E-state index is 14.1. The number of rotatable bonds is 23. The van der Waals surface area contributed by atoms with Crippen LogP contribution in [0.5, 0.6) is 34.5 Å². The molecule has 0 radical (unpaired) electrons. The Morgan fingerprint density at radius 3 is 1.07 bits per heavy atom. The predicted molar refractivity (Wildman–Crippen MR) is 319 cm³/mol. The van der Waals surface area contributed by atoms with Crippen molar-refractivity contribution in [2.75, 3.05) is 26.4 Å². The number of unbranched alkanes of at least 4 members (excludes halogenated alkanes) is 2. The standard InChI is InChI=1S/C70H54O14/c1-3-63(71)79-39-11-9-37-77-57-33-25-49-41-53(19-17-51(49)43-57)69(75)81-55-29-21-47(22-30-55)67(73)83-61-35-27-45-13-5-7-15-59(45)65(61)66-60-16-8-6-14-46(60)28-36-62(66)84-68(74)48-23-31-56(32-24-48)82-70(76)54-20-18-52-44-58(34-26-50(52)42-54)78-38-10-12-40-80-64(72)4-2/h3-8,13-36,41-44H,1-2,9-12,37-40H2. The fourth-order valence-corrected chi connectivity index (χ4v) is 9.29. The number of ether oxygens (including phenoxy) is 8. The zero-order valence-corrected chi connectivity index (χ0v) is 45.4. The first kappa shape index (κ1) is 56.4. The van der Waals surface area contributed by atoms with Crippen molar-refractivity contribution >= 4 is 78.9 Å². The summed E-state index contributed by atoms with van der Waals surface area (Å²) in [7, 11) is 0. The molecule has 0 atom stereocenters. The molecule has 0 fully saturated rings. The molecule has 0 saturated carbocycles. The van der Waals surface area contributed by atoms with Gasteiger partial charge < -0.3 is 37.9 Å². The molecule has 0 aromatic heterocycles. The lowest BCUT2D eigenvalue weighted by Crippen LogP contribution is -2.12. The number of hydrogen-bond donors (Lipinski definition) is 0. The zero-order valence-electron chi connectivity index (χ0n) is 45.4. The monoisotopic (exact) mass is 1120 g/mol. The van der Waals surface area contributed by atoms with Gasteiger partial charge in [-0.15, -0.1) is 0 Å². The summed E-state index contributed by atoms with van der Waals surface area (Å²) in [5.74, 6) is -1.31. The van der Waals surface area contributed by atoms with E-state index in [0.29, 0.717) is 72.6 Å². The molecule has 10 aromatic carbocycles. The molecule has 0 saturated heterocycles. The Balaban J connectivity index is 0.801. The molecule has 0 aliphatic rings. The molecule has 0 spiro atoms. The number of fused-ring (bicyclic) bond motifs is 4. The third-order valence-corrected chi connectivity index (χ3v) is 13.6. The number of hydrogen-bond acceptors (Lipinski definition) is 14. The molecule has 0 amide bonds. The van der Waals surface area contributed by atoms with E-state index in [-0.39, 0.29) is 47.3 Å². The first-order chi connectivity index (χ1) is 41.0. The highest BCUT2D eigenvalue weighted by Crippen LogP contribution is 2.46. The fourth-order valence-electron chi connectivity index (χ4n) is 9.29. The second-order valence-corrected chi connectivity index (χ2v) is 19.2. The average molecular weight is 1120 g/mol. The Morgan fingerprint density at radius 1 is 0.321 bits per heavy atom. The van der Waals surface area contributed by atoms with Gasteiger partial charge in [-0.2, -0.15) is 0 Å². The van der Waals surface area contributed by atoms with E-state index >= 15 is 0 Å². The van der Waals surface area contributed by atoms with Crippen molar-refractivity contribution in [3.05, 3.63) is 242 Å². The highest BCUT2D eigenvalue weighted by Gasteiger charge is 2.24. The molecule has 14 nitrogen and oxygen atoms in total.